The van der Waals surface area contributed by atoms with E-state index in [1.807, 2.05) is 14.1 Å². The average Bonchev–Trinajstić information content (AvgIpc) is 3.08. The number of carbonyl (C=O) groups is 3. The number of ether oxygens (including phenoxy) is 2. The van der Waals surface area contributed by atoms with Crippen molar-refractivity contribution in [1.82, 2.24) is 4.90 Å². The standard InChI is InChI=1S/C43H83NO5/c1-7-11-30-38(9-3)41(45)34-27-23-19-15-13-14-17-21-25-32-40(49-42(46)35-29-36-44(5)6)33-26-22-18-16-20-24-28-37-48-43(47)39(10-4)31-12-8-2/h38-40H,7-37H2,1-6H3. The summed E-state index contributed by atoms with van der Waals surface area (Å²) < 4.78 is 11.5. The fourth-order valence-electron chi connectivity index (χ4n) is 6.79. The number of ketones is 1. The molecule has 3 unspecified atom stereocenters. The van der Waals surface area contributed by atoms with Crippen molar-refractivity contribution in [3.05, 3.63) is 0 Å². The molecule has 49 heavy (non-hydrogen) atoms. The zero-order valence-corrected chi connectivity index (χ0v) is 33.6. The number of hydrogen-bond acceptors (Lipinski definition) is 6. The van der Waals surface area contributed by atoms with Crippen molar-refractivity contribution in [2.45, 2.75) is 220 Å². The van der Waals surface area contributed by atoms with Gasteiger partial charge in [-0.2, -0.15) is 0 Å². The Morgan fingerprint density at radius 1 is 0.510 bits per heavy atom. The molecule has 0 saturated heterocycles. The Labute approximate surface area is 305 Å². The molecule has 290 valence electrons. The summed E-state index contributed by atoms with van der Waals surface area (Å²) in [5, 5.41) is 0. The quantitative estimate of drug-likeness (QED) is 0.0476. The number of nitrogens with zero attached hydrogens (tertiary/aromatic N) is 1. The van der Waals surface area contributed by atoms with E-state index in [4.69, 9.17) is 9.47 Å². The molecule has 0 amide bonds. The molecule has 0 bridgehead atoms. The van der Waals surface area contributed by atoms with Gasteiger partial charge >= 0.3 is 11.9 Å². The van der Waals surface area contributed by atoms with Gasteiger partial charge in [-0.25, -0.2) is 0 Å². The maximum Gasteiger partial charge on any atom is 0.308 e. The van der Waals surface area contributed by atoms with Crippen molar-refractivity contribution in [2.75, 3.05) is 27.2 Å². The molecular formula is C43H83NO5. The van der Waals surface area contributed by atoms with Crippen molar-refractivity contribution in [2.24, 2.45) is 11.8 Å². The van der Waals surface area contributed by atoms with Crippen molar-refractivity contribution in [1.29, 1.82) is 0 Å². The first-order valence-corrected chi connectivity index (χ1v) is 21.3. The first kappa shape index (κ1) is 47.6. The summed E-state index contributed by atoms with van der Waals surface area (Å²) in [6.45, 7) is 10.1. The van der Waals surface area contributed by atoms with E-state index in [0.29, 0.717) is 24.7 Å². The van der Waals surface area contributed by atoms with Gasteiger partial charge in [-0.3, -0.25) is 14.4 Å². The summed E-state index contributed by atoms with van der Waals surface area (Å²) in [6.07, 6.45) is 31.6. The lowest BCUT2D eigenvalue weighted by atomic mass is 9.91. The van der Waals surface area contributed by atoms with E-state index in [1.54, 1.807) is 0 Å². The Kier molecular flexibility index (Phi) is 34.0. The Hall–Kier alpha value is -1.43. The highest BCUT2D eigenvalue weighted by Crippen LogP contribution is 2.20. The minimum Gasteiger partial charge on any atom is -0.465 e. The second kappa shape index (κ2) is 35.0. The van der Waals surface area contributed by atoms with Gasteiger partial charge in [0.2, 0.25) is 0 Å². The van der Waals surface area contributed by atoms with Crippen molar-refractivity contribution < 1.29 is 23.9 Å². The van der Waals surface area contributed by atoms with Crippen LogP contribution in [0.2, 0.25) is 0 Å². The highest BCUT2D eigenvalue weighted by atomic mass is 16.5. The van der Waals surface area contributed by atoms with E-state index in [2.05, 4.69) is 32.6 Å². The fourth-order valence-corrected chi connectivity index (χ4v) is 6.79. The van der Waals surface area contributed by atoms with Crippen LogP contribution in [0, 0.1) is 11.8 Å². The van der Waals surface area contributed by atoms with Crippen LogP contribution >= 0.6 is 0 Å². The molecule has 0 rings (SSSR count). The molecule has 0 N–H and O–H groups in total. The molecule has 0 heterocycles. The molecule has 0 aliphatic heterocycles. The molecule has 0 aliphatic carbocycles. The van der Waals surface area contributed by atoms with Crippen LogP contribution in [-0.2, 0) is 23.9 Å². The summed E-state index contributed by atoms with van der Waals surface area (Å²) in [7, 11) is 4.08. The predicted molar refractivity (Wildman–Crippen MR) is 208 cm³/mol. The van der Waals surface area contributed by atoms with Crippen LogP contribution in [0.3, 0.4) is 0 Å². The molecular weight excluding hydrogens is 610 g/mol. The number of carbonyl (C=O) groups excluding carboxylic acids is 3. The molecule has 6 heteroatoms. The van der Waals surface area contributed by atoms with Gasteiger partial charge in [0.1, 0.15) is 11.9 Å². The van der Waals surface area contributed by atoms with E-state index in [0.717, 1.165) is 103 Å². The van der Waals surface area contributed by atoms with Crippen molar-refractivity contribution in [3.8, 4) is 0 Å². The van der Waals surface area contributed by atoms with Gasteiger partial charge in [0.15, 0.2) is 0 Å². The minimum absolute atomic E-state index is 0.00113. The highest BCUT2D eigenvalue weighted by Gasteiger charge is 2.18. The first-order valence-electron chi connectivity index (χ1n) is 21.3. The summed E-state index contributed by atoms with van der Waals surface area (Å²) in [5.74, 6) is 0.838. The zero-order chi connectivity index (χ0) is 36.4. The van der Waals surface area contributed by atoms with Crippen LogP contribution in [0.15, 0.2) is 0 Å². The number of rotatable bonds is 37. The van der Waals surface area contributed by atoms with E-state index in [-0.39, 0.29) is 24.0 Å². The smallest absolute Gasteiger partial charge is 0.308 e. The fraction of sp³-hybridized carbons (Fsp3) is 0.930. The Morgan fingerprint density at radius 3 is 1.47 bits per heavy atom. The molecule has 0 spiro atoms. The lowest BCUT2D eigenvalue weighted by molar-refractivity contribution is -0.150. The van der Waals surface area contributed by atoms with Crippen LogP contribution in [0.1, 0.15) is 214 Å². The molecule has 0 radical (unpaired) electrons. The maximum absolute atomic E-state index is 12.6. The van der Waals surface area contributed by atoms with Crippen LogP contribution < -0.4 is 0 Å². The molecule has 0 aromatic carbocycles. The molecule has 3 atom stereocenters. The van der Waals surface area contributed by atoms with E-state index >= 15 is 0 Å². The van der Waals surface area contributed by atoms with Crippen LogP contribution in [-0.4, -0.2) is 56.0 Å². The summed E-state index contributed by atoms with van der Waals surface area (Å²) in [4.78, 5) is 39.4. The second-order valence-electron chi connectivity index (χ2n) is 15.1. The van der Waals surface area contributed by atoms with Crippen LogP contribution in [0.5, 0.6) is 0 Å². The van der Waals surface area contributed by atoms with Gasteiger partial charge < -0.3 is 14.4 Å². The molecule has 6 nitrogen and oxygen atoms in total. The number of Topliss-reactive ketones (excluding diaryl/α,β-unsaturated/α-hetero) is 1. The van der Waals surface area contributed by atoms with E-state index < -0.39 is 0 Å². The van der Waals surface area contributed by atoms with Gasteiger partial charge in [0.05, 0.1) is 12.5 Å². The predicted octanol–water partition coefficient (Wildman–Crippen LogP) is 12.2. The molecule has 0 aromatic rings. The summed E-state index contributed by atoms with van der Waals surface area (Å²) in [6, 6.07) is 0. The van der Waals surface area contributed by atoms with Gasteiger partial charge in [-0.1, -0.05) is 130 Å². The van der Waals surface area contributed by atoms with Crippen LogP contribution in [0.25, 0.3) is 0 Å². The third-order valence-corrected chi connectivity index (χ3v) is 10.2. The minimum atomic E-state index is -0.0314. The summed E-state index contributed by atoms with van der Waals surface area (Å²) in [5.41, 5.74) is 0. The van der Waals surface area contributed by atoms with E-state index in [1.165, 1.54) is 83.5 Å². The summed E-state index contributed by atoms with van der Waals surface area (Å²) >= 11 is 0. The lowest BCUT2D eigenvalue weighted by Gasteiger charge is -2.18. The van der Waals surface area contributed by atoms with Gasteiger partial charge in [-0.05, 0) is 91.3 Å². The first-order chi connectivity index (χ1) is 23.8. The molecule has 0 aromatic heterocycles. The van der Waals surface area contributed by atoms with Gasteiger partial charge in [-0.15, -0.1) is 0 Å². The molecule has 0 fully saturated rings. The van der Waals surface area contributed by atoms with Crippen molar-refractivity contribution in [3.63, 3.8) is 0 Å². The second-order valence-corrected chi connectivity index (χ2v) is 15.1. The van der Waals surface area contributed by atoms with E-state index in [9.17, 15) is 14.4 Å². The lowest BCUT2D eigenvalue weighted by Crippen LogP contribution is -2.20. The maximum atomic E-state index is 12.6. The monoisotopic (exact) mass is 694 g/mol. The average molecular weight is 694 g/mol. The number of unbranched alkanes of at least 4 members (excludes halogenated alkanes) is 16. The largest absolute Gasteiger partial charge is 0.465 e. The topological polar surface area (TPSA) is 72.9 Å². The normalized spacial score (nSPS) is 13.4. The van der Waals surface area contributed by atoms with Crippen LogP contribution in [0.4, 0.5) is 0 Å². The number of esters is 2. The molecule has 0 aliphatic rings. The Balaban J connectivity index is 4.12. The highest BCUT2D eigenvalue weighted by molar-refractivity contribution is 5.80. The number of hydrogen-bond donors (Lipinski definition) is 0. The Bertz CT molecular complexity index is 769. The third kappa shape index (κ3) is 30.0. The van der Waals surface area contributed by atoms with Gasteiger partial charge in [0.25, 0.3) is 0 Å². The zero-order valence-electron chi connectivity index (χ0n) is 33.6. The Morgan fingerprint density at radius 2 is 0.980 bits per heavy atom. The SMILES string of the molecule is CCCCC(CC)C(=O)CCCCCCCCCCCC(CCCCCCCCCOC(=O)C(CC)CCCC)OC(=O)CCCN(C)C. The third-order valence-electron chi connectivity index (χ3n) is 10.2. The molecule has 0 saturated carbocycles. The van der Waals surface area contributed by atoms with Crippen molar-refractivity contribution >= 4 is 17.7 Å². The van der Waals surface area contributed by atoms with Gasteiger partial charge in [0, 0.05) is 18.8 Å².